The Bertz CT molecular complexity index is 3140. The molecule has 0 bridgehead atoms. The van der Waals surface area contributed by atoms with Crippen LogP contribution in [-0.4, -0.2) is 0 Å². The van der Waals surface area contributed by atoms with Crippen LogP contribution in [0.5, 0.6) is 0 Å². The van der Waals surface area contributed by atoms with Crippen LogP contribution in [0.3, 0.4) is 0 Å². The van der Waals surface area contributed by atoms with Crippen molar-refractivity contribution in [2.75, 3.05) is 9.80 Å². The minimum Gasteiger partial charge on any atom is -0.452 e. The maximum Gasteiger partial charge on any atom is 0.179 e. The number of fused-ring (bicyclic) bond motifs is 13. The molecular formula is C50H32N2O2. The van der Waals surface area contributed by atoms with Crippen molar-refractivity contribution in [2.24, 2.45) is 0 Å². The lowest BCUT2D eigenvalue weighted by molar-refractivity contribution is 0.633. The summed E-state index contributed by atoms with van der Waals surface area (Å²) in [4.78, 5) is 4.73. The van der Waals surface area contributed by atoms with Gasteiger partial charge in [-0.05, 0) is 94.4 Å². The van der Waals surface area contributed by atoms with E-state index in [-0.39, 0.29) is 0 Å². The van der Waals surface area contributed by atoms with Crippen LogP contribution in [0, 0.1) is 0 Å². The standard InChI is InChI=1S/C50H32N2O2/c1-7-17-41-31(11-1)21-22-32-12-2-8-18-42(32)51(41)35-25-27-39-45(29-35)53-49-47(39)37-15-5-6-16-38(37)48-40-28-26-36(30-46(40)54-50(48)49)52-43-19-9-3-13-33(43)23-24-34-14-4-10-20-44(34)52/h1-3,5-13,15-30H,4,14H2. The molecule has 9 aromatic rings. The number of furan rings is 2. The van der Waals surface area contributed by atoms with E-state index in [0.29, 0.717) is 0 Å². The summed E-state index contributed by atoms with van der Waals surface area (Å²) >= 11 is 0. The van der Waals surface area contributed by atoms with Crippen molar-refractivity contribution >= 4 is 101 Å². The molecule has 0 N–H and O–H groups in total. The zero-order valence-electron chi connectivity index (χ0n) is 29.3. The Hall–Kier alpha value is -7.04. The first-order valence-electron chi connectivity index (χ1n) is 18.6. The molecule has 0 fully saturated rings. The minimum atomic E-state index is 0.774. The van der Waals surface area contributed by atoms with Gasteiger partial charge in [-0.3, -0.25) is 0 Å². The summed E-state index contributed by atoms with van der Waals surface area (Å²) in [6, 6.07) is 47.7. The number of rotatable bonds is 2. The molecule has 0 atom stereocenters. The van der Waals surface area contributed by atoms with Gasteiger partial charge in [0.25, 0.3) is 0 Å². The molecule has 0 saturated heterocycles. The fourth-order valence-corrected chi connectivity index (χ4v) is 8.96. The number of anilines is 5. The van der Waals surface area contributed by atoms with E-state index < -0.39 is 0 Å². The van der Waals surface area contributed by atoms with Gasteiger partial charge in [0.2, 0.25) is 0 Å². The van der Waals surface area contributed by atoms with Crippen LogP contribution < -0.4 is 9.80 Å². The van der Waals surface area contributed by atoms with Gasteiger partial charge in [-0.25, -0.2) is 0 Å². The van der Waals surface area contributed by atoms with Gasteiger partial charge in [0.05, 0.1) is 17.1 Å². The SMILES string of the molecule is C1=CC2=C(C=Cc3ccccc3N2c2ccc3c(c2)oc2c4oc5cc(N6c7ccccc7C=Cc7ccccc76)ccc5c4c4ccccc4c32)CC1. The molecule has 0 saturated carbocycles. The average molecular weight is 693 g/mol. The van der Waals surface area contributed by atoms with Crippen LogP contribution in [0.25, 0.3) is 72.9 Å². The normalized spacial score (nSPS) is 14.9. The number of hydrogen-bond acceptors (Lipinski definition) is 4. The fourth-order valence-electron chi connectivity index (χ4n) is 8.96. The van der Waals surface area contributed by atoms with Gasteiger partial charge in [-0.2, -0.15) is 0 Å². The van der Waals surface area contributed by atoms with Gasteiger partial charge < -0.3 is 18.6 Å². The third-order valence-electron chi connectivity index (χ3n) is 11.4. The monoisotopic (exact) mass is 692 g/mol. The summed E-state index contributed by atoms with van der Waals surface area (Å²) in [5.74, 6) is 0. The molecule has 0 spiro atoms. The Balaban J connectivity index is 1.09. The molecule has 3 aliphatic rings. The molecule has 7 aromatic carbocycles. The lowest BCUT2D eigenvalue weighted by Crippen LogP contribution is -2.18. The Morgan fingerprint density at radius 2 is 0.907 bits per heavy atom. The van der Waals surface area contributed by atoms with Crippen molar-refractivity contribution in [3.63, 3.8) is 0 Å². The number of hydrogen-bond donors (Lipinski definition) is 0. The van der Waals surface area contributed by atoms with Crippen molar-refractivity contribution in [1.82, 2.24) is 0 Å². The second-order valence-corrected chi connectivity index (χ2v) is 14.4. The highest BCUT2D eigenvalue weighted by Crippen LogP contribution is 2.49. The first-order chi connectivity index (χ1) is 26.8. The molecule has 2 aromatic heterocycles. The van der Waals surface area contributed by atoms with Gasteiger partial charge in [-0.1, -0.05) is 109 Å². The van der Waals surface area contributed by atoms with E-state index in [4.69, 9.17) is 8.83 Å². The van der Waals surface area contributed by atoms with E-state index in [1.54, 1.807) is 0 Å². The second kappa shape index (κ2) is 11.2. The summed E-state index contributed by atoms with van der Waals surface area (Å²) in [6.45, 7) is 0. The van der Waals surface area contributed by atoms with Gasteiger partial charge in [0.15, 0.2) is 11.2 Å². The van der Waals surface area contributed by atoms with Crippen molar-refractivity contribution in [3.05, 3.63) is 180 Å². The lowest BCUT2D eigenvalue weighted by atomic mass is 9.98. The van der Waals surface area contributed by atoms with Gasteiger partial charge in [-0.15, -0.1) is 0 Å². The van der Waals surface area contributed by atoms with Crippen LogP contribution in [0.1, 0.15) is 29.5 Å². The summed E-state index contributed by atoms with van der Waals surface area (Å²) in [6.07, 6.45) is 15.6. The lowest BCUT2D eigenvalue weighted by Gasteiger charge is -2.29. The van der Waals surface area contributed by atoms with E-state index in [1.165, 1.54) is 28.0 Å². The van der Waals surface area contributed by atoms with Gasteiger partial charge in [0, 0.05) is 50.7 Å². The van der Waals surface area contributed by atoms with Crippen LogP contribution in [0.15, 0.2) is 172 Å². The molecule has 2 aliphatic heterocycles. The molecule has 54 heavy (non-hydrogen) atoms. The molecule has 0 unspecified atom stereocenters. The highest BCUT2D eigenvalue weighted by Gasteiger charge is 2.26. The Labute approximate surface area is 311 Å². The predicted molar refractivity (Wildman–Crippen MR) is 225 cm³/mol. The summed E-state index contributed by atoms with van der Waals surface area (Å²) in [7, 11) is 0. The van der Waals surface area contributed by atoms with E-state index >= 15 is 0 Å². The van der Waals surface area contributed by atoms with Gasteiger partial charge in [0.1, 0.15) is 11.2 Å². The van der Waals surface area contributed by atoms with E-state index in [2.05, 4.69) is 180 Å². The van der Waals surface area contributed by atoms with Crippen molar-refractivity contribution in [1.29, 1.82) is 0 Å². The Morgan fingerprint density at radius 1 is 0.426 bits per heavy atom. The average Bonchev–Trinajstić information content (AvgIpc) is 3.69. The third kappa shape index (κ3) is 4.19. The predicted octanol–water partition coefficient (Wildman–Crippen LogP) is 14.4. The molecule has 254 valence electrons. The Morgan fingerprint density at radius 3 is 1.48 bits per heavy atom. The molecule has 1 aliphatic carbocycles. The Kier molecular flexibility index (Phi) is 6.14. The number of benzene rings is 7. The maximum atomic E-state index is 6.96. The van der Waals surface area contributed by atoms with E-state index in [0.717, 1.165) is 95.9 Å². The smallest absolute Gasteiger partial charge is 0.179 e. The summed E-state index contributed by atoms with van der Waals surface area (Å²) in [5, 5.41) is 6.61. The molecule has 4 nitrogen and oxygen atoms in total. The van der Waals surface area contributed by atoms with Gasteiger partial charge >= 0.3 is 0 Å². The van der Waals surface area contributed by atoms with Crippen molar-refractivity contribution < 1.29 is 8.83 Å². The number of nitrogens with zero attached hydrogens (tertiary/aromatic N) is 2. The highest BCUT2D eigenvalue weighted by atomic mass is 16.4. The first kappa shape index (κ1) is 29.5. The van der Waals surface area contributed by atoms with Crippen LogP contribution in [-0.2, 0) is 0 Å². The second-order valence-electron chi connectivity index (χ2n) is 14.4. The first-order valence-corrected chi connectivity index (χ1v) is 18.6. The van der Waals surface area contributed by atoms with E-state index in [1.807, 2.05) is 0 Å². The zero-order valence-corrected chi connectivity index (χ0v) is 29.3. The van der Waals surface area contributed by atoms with Crippen LogP contribution >= 0.6 is 0 Å². The fraction of sp³-hybridized carbons (Fsp3) is 0.0400. The van der Waals surface area contributed by atoms with Crippen LogP contribution in [0.4, 0.5) is 28.4 Å². The molecule has 4 heteroatoms. The topological polar surface area (TPSA) is 32.8 Å². The summed E-state index contributed by atoms with van der Waals surface area (Å²) in [5.41, 5.74) is 14.8. The zero-order chi connectivity index (χ0) is 35.3. The molecule has 12 rings (SSSR count). The molecule has 0 amide bonds. The van der Waals surface area contributed by atoms with Crippen LogP contribution in [0.2, 0.25) is 0 Å². The number of allylic oxidation sites excluding steroid dienone is 4. The van der Waals surface area contributed by atoms with Crippen molar-refractivity contribution in [2.45, 2.75) is 12.8 Å². The molecular weight excluding hydrogens is 661 g/mol. The summed E-state index contributed by atoms with van der Waals surface area (Å²) < 4.78 is 13.9. The maximum absolute atomic E-state index is 6.96. The molecule has 0 radical (unpaired) electrons. The minimum absolute atomic E-state index is 0.774. The van der Waals surface area contributed by atoms with E-state index in [9.17, 15) is 0 Å². The third-order valence-corrected chi connectivity index (χ3v) is 11.4. The highest BCUT2D eigenvalue weighted by molar-refractivity contribution is 6.33. The molecule has 4 heterocycles. The van der Waals surface area contributed by atoms with Crippen molar-refractivity contribution in [3.8, 4) is 0 Å². The largest absolute Gasteiger partial charge is 0.452 e. The number of para-hydroxylation sites is 3. The quantitative estimate of drug-likeness (QED) is 0.181.